The van der Waals surface area contributed by atoms with E-state index in [4.69, 9.17) is 0 Å². The van der Waals surface area contributed by atoms with Crippen molar-refractivity contribution < 1.29 is 13.2 Å². The average Bonchev–Trinajstić information content (AvgIpc) is 2.96. The number of carbonyl (C=O) groups is 1. The Labute approximate surface area is 161 Å². The number of hydrogen-bond acceptors (Lipinski definition) is 4. The van der Waals surface area contributed by atoms with Crippen LogP contribution in [0, 0.1) is 27.7 Å². The van der Waals surface area contributed by atoms with Gasteiger partial charge in [-0.3, -0.25) is 9.69 Å². The normalized spacial score (nSPS) is 16.6. The van der Waals surface area contributed by atoms with Gasteiger partial charge in [0.25, 0.3) is 0 Å². The van der Waals surface area contributed by atoms with Crippen LogP contribution in [0.3, 0.4) is 0 Å². The van der Waals surface area contributed by atoms with Gasteiger partial charge in [0.1, 0.15) is 0 Å². The molecule has 146 valence electrons. The molecular formula is C20H27N3O3S. The van der Waals surface area contributed by atoms with Gasteiger partial charge in [-0.2, -0.15) is 4.31 Å². The van der Waals surface area contributed by atoms with Crippen LogP contribution in [0.1, 0.15) is 32.9 Å². The molecule has 0 radical (unpaired) electrons. The quantitative estimate of drug-likeness (QED) is 0.797. The first-order chi connectivity index (χ1) is 12.7. The molecule has 1 aliphatic rings. The molecule has 1 aromatic heterocycles. The summed E-state index contributed by atoms with van der Waals surface area (Å²) >= 11 is 0. The molecule has 1 aliphatic heterocycles. The molecule has 0 unspecified atom stereocenters. The van der Waals surface area contributed by atoms with Gasteiger partial charge in [0.2, 0.25) is 10.0 Å². The van der Waals surface area contributed by atoms with Gasteiger partial charge in [-0.15, -0.1) is 0 Å². The maximum atomic E-state index is 13.0. The van der Waals surface area contributed by atoms with Crippen molar-refractivity contribution in [2.75, 3.05) is 32.7 Å². The minimum absolute atomic E-state index is 0.0719. The second-order valence-electron chi connectivity index (χ2n) is 7.36. The first-order valence-electron chi connectivity index (χ1n) is 9.17. The Morgan fingerprint density at radius 2 is 1.70 bits per heavy atom. The Bertz CT molecular complexity index is 955. The summed E-state index contributed by atoms with van der Waals surface area (Å²) < 4.78 is 27.5. The molecule has 0 atom stereocenters. The lowest BCUT2D eigenvalue weighted by Gasteiger charge is -2.33. The van der Waals surface area contributed by atoms with Gasteiger partial charge in [0, 0.05) is 43.1 Å². The Balaban J connectivity index is 1.65. The van der Waals surface area contributed by atoms with Crippen molar-refractivity contribution in [3.63, 3.8) is 0 Å². The number of hydrogen-bond donors (Lipinski definition) is 1. The van der Waals surface area contributed by atoms with Crippen LogP contribution in [0.2, 0.25) is 0 Å². The van der Waals surface area contributed by atoms with Crippen LogP contribution in [0.4, 0.5) is 0 Å². The van der Waals surface area contributed by atoms with E-state index >= 15 is 0 Å². The SMILES string of the molecule is Cc1ccc(C)c(S(=O)(=O)N2CCN(CC(=O)c3cc(C)[nH]c3C)CC2)c1. The molecule has 0 amide bonds. The lowest BCUT2D eigenvalue weighted by Crippen LogP contribution is -2.49. The molecule has 27 heavy (non-hydrogen) atoms. The topological polar surface area (TPSA) is 73.5 Å². The monoisotopic (exact) mass is 389 g/mol. The van der Waals surface area contributed by atoms with Crippen LogP contribution in [0.15, 0.2) is 29.2 Å². The Morgan fingerprint density at radius 3 is 2.30 bits per heavy atom. The number of nitrogens with zero attached hydrogens (tertiary/aromatic N) is 2. The molecule has 2 aromatic rings. The van der Waals surface area contributed by atoms with Crippen LogP contribution >= 0.6 is 0 Å². The maximum Gasteiger partial charge on any atom is 0.243 e. The molecular weight excluding hydrogens is 362 g/mol. The van der Waals surface area contributed by atoms with Gasteiger partial charge < -0.3 is 4.98 Å². The fourth-order valence-corrected chi connectivity index (χ4v) is 5.29. The molecule has 7 heteroatoms. The van der Waals surface area contributed by atoms with Crippen LogP contribution in [0.25, 0.3) is 0 Å². The van der Waals surface area contributed by atoms with E-state index in [1.54, 1.807) is 6.07 Å². The highest BCUT2D eigenvalue weighted by molar-refractivity contribution is 7.89. The second kappa shape index (κ2) is 7.58. The average molecular weight is 390 g/mol. The predicted octanol–water partition coefficient (Wildman–Crippen LogP) is 2.44. The van der Waals surface area contributed by atoms with Gasteiger partial charge in [-0.25, -0.2) is 8.42 Å². The summed E-state index contributed by atoms with van der Waals surface area (Å²) in [5, 5.41) is 0. The second-order valence-corrected chi connectivity index (χ2v) is 9.27. The zero-order valence-corrected chi connectivity index (χ0v) is 17.2. The number of Topliss-reactive ketones (excluding diaryl/α,β-unsaturated/α-hetero) is 1. The smallest absolute Gasteiger partial charge is 0.243 e. The number of benzene rings is 1. The van der Waals surface area contributed by atoms with Gasteiger partial charge in [-0.1, -0.05) is 12.1 Å². The number of aromatic amines is 1. The summed E-state index contributed by atoms with van der Waals surface area (Å²) in [5.74, 6) is 0.0719. The minimum atomic E-state index is -3.51. The third-order valence-electron chi connectivity index (χ3n) is 5.11. The van der Waals surface area contributed by atoms with E-state index in [1.165, 1.54) is 4.31 Å². The van der Waals surface area contributed by atoms with Crippen molar-refractivity contribution in [1.82, 2.24) is 14.2 Å². The maximum absolute atomic E-state index is 13.0. The number of sulfonamides is 1. The van der Waals surface area contributed by atoms with Gasteiger partial charge in [-0.05, 0) is 51.0 Å². The van der Waals surface area contributed by atoms with Crippen molar-refractivity contribution in [2.45, 2.75) is 32.6 Å². The highest BCUT2D eigenvalue weighted by atomic mass is 32.2. The molecule has 1 N–H and O–H groups in total. The Kier molecular flexibility index (Phi) is 5.55. The number of nitrogens with one attached hydrogen (secondary N) is 1. The lowest BCUT2D eigenvalue weighted by molar-refractivity contribution is 0.0901. The molecule has 1 saturated heterocycles. The van der Waals surface area contributed by atoms with Crippen molar-refractivity contribution in [2.24, 2.45) is 0 Å². The molecule has 2 heterocycles. The third-order valence-corrected chi connectivity index (χ3v) is 7.15. The lowest BCUT2D eigenvalue weighted by atomic mass is 10.1. The van der Waals surface area contributed by atoms with Crippen LogP contribution in [-0.4, -0.2) is 61.1 Å². The summed E-state index contributed by atoms with van der Waals surface area (Å²) in [7, 11) is -3.51. The fourth-order valence-electron chi connectivity index (χ4n) is 3.55. The predicted molar refractivity (Wildman–Crippen MR) is 106 cm³/mol. The first-order valence-corrected chi connectivity index (χ1v) is 10.6. The molecule has 6 nitrogen and oxygen atoms in total. The number of H-pyrrole nitrogens is 1. The number of ketones is 1. The summed E-state index contributed by atoms with van der Waals surface area (Å²) in [4.78, 5) is 18.1. The van der Waals surface area contributed by atoms with Crippen LogP contribution in [0.5, 0.6) is 0 Å². The Morgan fingerprint density at radius 1 is 1.04 bits per heavy atom. The van der Waals surface area contributed by atoms with E-state index in [2.05, 4.69) is 4.98 Å². The third kappa shape index (κ3) is 4.15. The molecule has 0 bridgehead atoms. The molecule has 3 rings (SSSR count). The molecule has 0 spiro atoms. The largest absolute Gasteiger partial charge is 0.362 e. The van der Waals surface area contributed by atoms with Crippen LogP contribution < -0.4 is 0 Å². The standard InChI is InChI=1S/C20H27N3O3S/c1-14-5-6-15(2)20(11-14)27(25,26)23-9-7-22(8-10-23)13-19(24)18-12-16(3)21-17(18)4/h5-6,11-12,21H,7-10,13H2,1-4H3. The van der Waals surface area contributed by atoms with Gasteiger partial charge >= 0.3 is 0 Å². The van der Waals surface area contributed by atoms with Crippen LogP contribution in [-0.2, 0) is 10.0 Å². The number of rotatable bonds is 5. The van der Waals surface area contributed by atoms with Gasteiger partial charge in [0.15, 0.2) is 5.78 Å². The summed E-state index contributed by atoms with van der Waals surface area (Å²) in [5.41, 5.74) is 4.27. The van der Waals surface area contributed by atoms with Gasteiger partial charge in [0.05, 0.1) is 11.4 Å². The molecule has 1 fully saturated rings. The molecule has 0 aliphatic carbocycles. The summed E-state index contributed by atoms with van der Waals surface area (Å²) in [6, 6.07) is 7.37. The first kappa shape index (κ1) is 19.8. The number of aromatic nitrogens is 1. The Hall–Kier alpha value is -1.96. The fraction of sp³-hybridized carbons (Fsp3) is 0.450. The number of aryl methyl sites for hydroxylation is 4. The van der Waals surface area contributed by atoms with E-state index in [0.29, 0.717) is 37.6 Å². The number of piperazine rings is 1. The van der Waals surface area contributed by atoms with Crippen molar-refractivity contribution in [1.29, 1.82) is 0 Å². The zero-order chi connectivity index (χ0) is 19.8. The zero-order valence-electron chi connectivity index (χ0n) is 16.4. The van der Waals surface area contributed by atoms with Crippen molar-refractivity contribution in [3.8, 4) is 0 Å². The van der Waals surface area contributed by atoms with E-state index in [0.717, 1.165) is 28.1 Å². The highest BCUT2D eigenvalue weighted by Crippen LogP contribution is 2.22. The van der Waals surface area contributed by atoms with E-state index in [1.807, 2.05) is 50.8 Å². The van der Waals surface area contributed by atoms with Crippen molar-refractivity contribution >= 4 is 15.8 Å². The number of carbonyl (C=O) groups excluding carboxylic acids is 1. The summed E-state index contributed by atoms with van der Waals surface area (Å²) in [6.45, 7) is 9.76. The molecule has 0 saturated carbocycles. The molecule has 1 aromatic carbocycles. The van der Waals surface area contributed by atoms with Crippen molar-refractivity contribution in [3.05, 3.63) is 52.3 Å². The van der Waals surface area contributed by atoms with E-state index in [-0.39, 0.29) is 5.78 Å². The van der Waals surface area contributed by atoms with E-state index in [9.17, 15) is 13.2 Å². The minimum Gasteiger partial charge on any atom is -0.362 e. The summed E-state index contributed by atoms with van der Waals surface area (Å²) in [6.07, 6.45) is 0. The van der Waals surface area contributed by atoms with E-state index < -0.39 is 10.0 Å². The highest BCUT2D eigenvalue weighted by Gasteiger charge is 2.30.